The number of nitrogens with zero attached hydrogens (tertiary/aromatic N) is 3. The molecule has 0 spiro atoms. The number of hydrogen-bond donors (Lipinski definition) is 0. The van der Waals surface area contributed by atoms with E-state index in [2.05, 4.69) is 5.10 Å². The number of amides is 1. The number of carbonyl (C=O) groups excluding carboxylic acids is 1. The maximum absolute atomic E-state index is 12.4. The molecule has 27 heavy (non-hydrogen) atoms. The predicted molar refractivity (Wildman–Crippen MR) is 105 cm³/mol. The molecule has 0 saturated heterocycles. The summed E-state index contributed by atoms with van der Waals surface area (Å²) in [6, 6.07) is 15.1. The molecule has 3 rings (SSSR count). The van der Waals surface area contributed by atoms with Gasteiger partial charge in [-0.3, -0.25) is 14.3 Å². The average molecular weight is 365 g/mol. The molecule has 1 amide bonds. The van der Waals surface area contributed by atoms with Crippen LogP contribution in [0.25, 0.3) is 10.9 Å². The average Bonchev–Trinajstić information content (AvgIpc) is 2.69. The summed E-state index contributed by atoms with van der Waals surface area (Å²) in [5.41, 5.74) is 1.81. The molecule has 1 aromatic heterocycles. The highest BCUT2D eigenvalue weighted by atomic mass is 16.5. The smallest absolute Gasteiger partial charge is 0.224 e. The Morgan fingerprint density at radius 3 is 2.67 bits per heavy atom. The van der Waals surface area contributed by atoms with Crippen molar-refractivity contribution in [3.05, 3.63) is 70.5 Å². The largest absolute Gasteiger partial charge is 0.492 e. The number of aromatic nitrogens is 2. The molecule has 6 nitrogen and oxygen atoms in total. The predicted octanol–water partition coefficient (Wildman–Crippen LogP) is 2.63. The van der Waals surface area contributed by atoms with Crippen molar-refractivity contribution in [2.75, 3.05) is 20.2 Å². The van der Waals surface area contributed by atoms with Gasteiger partial charge in [0.25, 0.3) is 0 Å². The lowest BCUT2D eigenvalue weighted by atomic mass is 10.2. The van der Waals surface area contributed by atoms with E-state index in [9.17, 15) is 9.59 Å². The van der Waals surface area contributed by atoms with Crippen molar-refractivity contribution in [2.45, 2.75) is 19.9 Å². The Bertz CT molecular complexity index is 980. The normalized spacial score (nSPS) is 10.7. The number of rotatable bonds is 7. The zero-order chi connectivity index (χ0) is 19.2. The Morgan fingerprint density at radius 1 is 1.15 bits per heavy atom. The summed E-state index contributed by atoms with van der Waals surface area (Å²) >= 11 is 0. The molecule has 0 radical (unpaired) electrons. The maximum Gasteiger partial charge on any atom is 0.224 e. The first kappa shape index (κ1) is 18.6. The van der Waals surface area contributed by atoms with Crippen LogP contribution in [-0.4, -0.2) is 40.8 Å². The van der Waals surface area contributed by atoms with Gasteiger partial charge < -0.3 is 9.64 Å². The van der Waals surface area contributed by atoms with Crippen LogP contribution in [-0.2, 0) is 11.3 Å². The van der Waals surface area contributed by atoms with Crippen LogP contribution in [0, 0.1) is 6.92 Å². The lowest BCUT2D eigenvalue weighted by molar-refractivity contribution is -0.130. The zero-order valence-electron chi connectivity index (χ0n) is 15.6. The van der Waals surface area contributed by atoms with Crippen molar-refractivity contribution in [1.82, 2.24) is 14.7 Å². The number of fused-ring (bicyclic) bond motifs is 1. The maximum atomic E-state index is 12.4. The van der Waals surface area contributed by atoms with Gasteiger partial charge in [-0.15, -0.1) is 0 Å². The molecular formula is C21H23N3O3. The van der Waals surface area contributed by atoms with E-state index in [1.54, 1.807) is 22.7 Å². The van der Waals surface area contributed by atoms with Crippen LogP contribution in [0.15, 0.2) is 59.5 Å². The topological polar surface area (TPSA) is 64.4 Å². The molecule has 0 aliphatic rings. The molecule has 6 heteroatoms. The molecule has 2 aromatic carbocycles. The van der Waals surface area contributed by atoms with E-state index >= 15 is 0 Å². The van der Waals surface area contributed by atoms with Crippen molar-refractivity contribution in [3.63, 3.8) is 0 Å². The van der Waals surface area contributed by atoms with Crippen molar-refractivity contribution < 1.29 is 9.53 Å². The third-order valence-electron chi connectivity index (χ3n) is 4.44. The number of para-hydroxylation sites is 1. The molecule has 1 heterocycles. The number of ether oxygens (including phenoxy) is 1. The summed E-state index contributed by atoms with van der Waals surface area (Å²) in [5, 5.41) is 4.77. The van der Waals surface area contributed by atoms with E-state index in [-0.39, 0.29) is 11.3 Å². The number of likely N-dealkylation sites (N-methyl/N-ethyl adjacent to an activating group) is 1. The summed E-state index contributed by atoms with van der Waals surface area (Å²) in [5.74, 6) is 0.803. The van der Waals surface area contributed by atoms with E-state index in [1.165, 1.54) is 11.8 Å². The Kier molecular flexibility index (Phi) is 5.86. The molecule has 140 valence electrons. The Morgan fingerprint density at radius 2 is 1.89 bits per heavy atom. The first-order chi connectivity index (χ1) is 13.0. The SMILES string of the molecule is Cc1ccc(OCCN(C)C(=O)CCn2ncc(=O)c3ccccc32)cc1. The summed E-state index contributed by atoms with van der Waals surface area (Å²) < 4.78 is 7.37. The minimum atomic E-state index is -0.112. The van der Waals surface area contributed by atoms with Crippen LogP contribution in [0.2, 0.25) is 0 Å². The van der Waals surface area contributed by atoms with Gasteiger partial charge in [0.15, 0.2) is 0 Å². The fourth-order valence-corrected chi connectivity index (χ4v) is 2.79. The minimum absolute atomic E-state index is 0.00656. The highest BCUT2D eigenvalue weighted by molar-refractivity contribution is 5.79. The van der Waals surface area contributed by atoms with Gasteiger partial charge in [0.05, 0.1) is 24.8 Å². The highest BCUT2D eigenvalue weighted by Gasteiger charge is 2.10. The summed E-state index contributed by atoms with van der Waals surface area (Å²) in [7, 11) is 1.76. The van der Waals surface area contributed by atoms with Crippen molar-refractivity contribution >= 4 is 16.8 Å². The second-order valence-corrected chi connectivity index (χ2v) is 6.48. The van der Waals surface area contributed by atoms with E-state index in [0.717, 1.165) is 11.3 Å². The fourth-order valence-electron chi connectivity index (χ4n) is 2.79. The number of benzene rings is 2. The number of carbonyl (C=O) groups is 1. The zero-order valence-corrected chi connectivity index (χ0v) is 15.6. The highest BCUT2D eigenvalue weighted by Crippen LogP contribution is 2.11. The van der Waals surface area contributed by atoms with E-state index in [4.69, 9.17) is 4.74 Å². The van der Waals surface area contributed by atoms with Crippen LogP contribution in [0.4, 0.5) is 0 Å². The van der Waals surface area contributed by atoms with Gasteiger partial charge in [0.2, 0.25) is 11.3 Å². The first-order valence-corrected chi connectivity index (χ1v) is 8.93. The summed E-state index contributed by atoms with van der Waals surface area (Å²) in [6.45, 7) is 3.38. The van der Waals surface area contributed by atoms with Crippen molar-refractivity contribution in [1.29, 1.82) is 0 Å². The van der Waals surface area contributed by atoms with Gasteiger partial charge in [0.1, 0.15) is 12.4 Å². The van der Waals surface area contributed by atoms with Crippen molar-refractivity contribution in [3.8, 4) is 5.75 Å². The summed E-state index contributed by atoms with van der Waals surface area (Å²) in [4.78, 5) is 25.9. The van der Waals surface area contributed by atoms with Gasteiger partial charge in [-0.25, -0.2) is 0 Å². The molecule has 0 aliphatic carbocycles. The van der Waals surface area contributed by atoms with Gasteiger partial charge >= 0.3 is 0 Å². The fraction of sp³-hybridized carbons (Fsp3) is 0.286. The standard InChI is InChI=1S/C21H23N3O3/c1-16-7-9-17(10-8-16)27-14-13-23(2)21(26)11-12-24-19-6-4-3-5-18(19)20(25)15-22-24/h3-10,15H,11-14H2,1-2H3. The Hall–Kier alpha value is -3.15. The first-order valence-electron chi connectivity index (χ1n) is 8.93. The number of hydrogen-bond acceptors (Lipinski definition) is 4. The second kappa shape index (κ2) is 8.49. The molecule has 0 fully saturated rings. The minimum Gasteiger partial charge on any atom is -0.492 e. The third kappa shape index (κ3) is 4.73. The molecule has 0 unspecified atom stereocenters. The van der Waals surface area contributed by atoms with Crippen LogP contribution in [0.3, 0.4) is 0 Å². The third-order valence-corrected chi connectivity index (χ3v) is 4.44. The molecule has 0 bridgehead atoms. The Balaban J connectivity index is 1.52. The molecule has 0 aliphatic heterocycles. The van der Waals surface area contributed by atoms with E-state index in [1.807, 2.05) is 49.4 Å². The molecule has 0 atom stereocenters. The lowest BCUT2D eigenvalue weighted by Crippen LogP contribution is -2.31. The van der Waals surface area contributed by atoms with E-state index < -0.39 is 0 Å². The van der Waals surface area contributed by atoms with Crippen LogP contribution in [0.5, 0.6) is 5.75 Å². The van der Waals surface area contributed by atoms with Crippen LogP contribution in [0.1, 0.15) is 12.0 Å². The van der Waals surface area contributed by atoms with Gasteiger partial charge in [-0.05, 0) is 31.2 Å². The van der Waals surface area contributed by atoms with Crippen LogP contribution < -0.4 is 10.2 Å². The van der Waals surface area contributed by atoms with Crippen molar-refractivity contribution in [2.24, 2.45) is 0 Å². The number of aryl methyl sites for hydroxylation is 2. The molecule has 3 aromatic rings. The van der Waals surface area contributed by atoms with Gasteiger partial charge in [-0.1, -0.05) is 29.8 Å². The lowest BCUT2D eigenvalue weighted by Gasteiger charge is -2.18. The molecule has 0 saturated carbocycles. The summed E-state index contributed by atoms with van der Waals surface area (Å²) in [6.07, 6.45) is 1.60. The Labute approximate surface area is 158 Å². The molecule has 0 N–H and O–H groups in total. The van der Waals surface area contributed by atoms with E-state index in [0.29, 0.717) is 31.5 Å². The molecular weight excluding hydrogens is 342 g/mol. The quantitative estimate of drug-likeness (QED) is 0.646. The van der Waals surface area contributed by atoms with Gasteiger partial charge in [0, 0.05) is 18.9 Å². The van der Waals surface area contributed by atoms with Gasteiger partial charge in [-0.2, -0.15) is 5.10 Å². The monoisotopic (exact) mass is 365 g/mol. The van der Waals surface area contributed by atoms with Crippen LogP contribution >= 0.6 is 0 Å². The second-order valence-electron chi connectivity index (χ2n) is 6.48.